The molecule has 1 fully saturated rings. The second kappa shape index (κ2) is 14.0. The molecule has 1 aromatic rings. The summed E-state index contributed by atoms with van der Waals surface area (Å²) in [4.78, 5) is 5.14. The molecule has 1 aromatic carbocycles. The molecule has 1 heterocycles. The third kappa shape index (κ3) is 9.43. The monoisotopic (exact) mass is 388 g/mol. The van der Waals surface area contributed by atoms with Gasteiger partial charge in [-0.1, -0.05) is 70.4 Å². The van der Waals surface area contributed by atoms with Gasteiger partial charge < -0.3 is 4.74 Å². The van der Waals surface area contributed by atoms with Crippen LogP contribution in [0, 0.1) is 0 Å². The van der Waals surface area contributed by atoms with Crippen LogP contribution in [0.25, 0.3) is 0 Å². The van der Waals surface area contributed by atoms with Gasteiger partial charge in [-0.2, -0.15) is 0 Å². The fourth-order valence-corrected chi connectivity index (χ4v) is 4.03. The van der Waals surface area contributed by atoms with E-state index in [1.54, 1.807) is 0 Å². The topological polar surface area (TPSA) is 15.7 Å². The molecule has 2 rings (SSSR count). The lowest BCUT2D eigenvalue weighted by Gasteiger charge is -2.36. The van der Waals surface area contributed by atoms with Gasteiger partial charge in [0.2, 0.25) is 0 Å². The zero-order chi connectivity index (χ0) is 20.0. The number of rotatable bonds is 14. The minimum atomic E-state index is 0.667. The highest BCUT2D eigenvalue weighted by atomic mass is 16.5. The van der Waals surface area contributed by atoms with E-state index >= 15 is 0 Å². The first-order valence-corrected chi connectivity index (χ1v) is 11.9. The van der Waals surface area contributed by atoms with Crippen molar-refractivity contribution in [1.29, 1.82) is 0 Å². The summed E-state index contributed by atoms with van der Waals surface area (Å²) in [7, 11) is 0. The number of ether oxygens (including phenoxy) is 1. The van der Waals surface area contributed by atoms with Crippen molar-refractivity contribution in [3.8, 4) is 5.75 Å². The van der Waals surface area contributed by atoms with E-state index in [2.05, 4.69) is 54.8 Å². The third-order valence-electron chi connectivity index (χ3n) is 5.96. The van der Waals surface area contributed by atoms with Crippen LogP contribution in [0.3, 0.4) is 0 Å². The van der Waals surface area contributed by atoms with E-state index in [0.717, 1.165) is 18.9 Å². The second-order valence-electron chi connectivity index (χ2n) is 8.73. The standard InChI is InChI=1S/C25H44N2O/c1-4-5-6-7-8-9-10-11-12-20-28-25-15-13-14-24(21-25)22-26-16-18-27(19-17-26)23(2)3/h13-15,21,23H,4-12,16-20,22H2,1-3H3. The predicted molar refractivity (Wildman–Crippen MR) is 121 cm³/mol. The van der Waals surface area contributed by atoms with Gasteiger partial charge in [-0.15, -0.1) is 0 Å². The van der Waals surface area contributed by atoms with E-state index in [0.29, 0.717) is 6.04 Å². The van der Waals surface area contributed by atoms with E-state index in [9.17, 15) is 0 Å². The van der Waals surface area contributed by atoms with Crippen LogP contribution in [-0.2, 0) is 6.54 Å². The van der Waals surface area contributed by atoms with Crippen molar-refractivity contribution < 1.29 is 4.74 Å². The summed E-state index contributed by atoms with van der Waals surface area (Å²) in [5, 5.41) is 0. The number of piperazine rings is 1. The zero-order valence-electron chi connectivity index (χ0n) is 18.8. The van der Waals surface area contributed by atoms with Crippen LogP contribution in [0.2, 0.25) is 0 Å². The predicted octanol–water partition coefficient (Wildman–Crippen LogP) is 6.12. The van der Waals surface area contributed by atoms with Crippen LogP contribution in [0.1, 0.15) is 84.1 Å². The number of nitrogens with zero attached hydrogens (tertiary/aromatic N) is 2. The Bertz CT molecular complexity index is 509. The smallest absolute Gasteiger partial charge is 0.119 e. The van der Waals surface area contributed by atoms with Crippen molar-refractivity contribution in [2.45, 2.75) is 91.1 Å². The van der Waals surface area contributed by atoms with E-state index in [1.807, 2.05) is 0 Å². The highest BCUT2D eigenvalue weighted by Crippen LogP contribution is 2.17. The van der Waals surface area contributed by atoms with Crippen molar-refractivity contribution in [1.82, 2.24) is 9.80 Å². The summed E-state index contributed by atoms with van der Waals surface area (Å²) in [6, 6.07) is 9.39. The van der Waals surface area contributed by atoms with Crippen LogP contribution in [-0.4, -0.2) is 48.6 Å². The number of unbranched alkanes of at least 4 members (excludes halogenated alkanes) is 8. The molecule has 3 heteroatoms. The molecule has 0 aliphatic carbocycles. The van der Waals surface area contributed by atoms with Crippen LogP contribution < -0.4 is 4.74 Å². The Morgan fingerprint density at radius 2 is 1.50 bits per heavy atom. The van der Waals surface area contributed by atoms with E-state index in [-0.39, 0.29) is 0 Å². The molecule has 0 bridgehead atoms. The summed E-state index contributed by atoms with van der Waals surface area (Å²) in [6.45, 7) is 13.5. The number of benzene rings is 1. The van der Waals surface area contributed by atoms with Gasteiger partial charge in [-0.25, -0.2) is 0 Å². The maximum atomic E-state index is 6.02. The van der Waals surface area contributed by atoms with Gasteiger partial charge in [0.15, 0.2) is 0 Å². The highest BCUT2D eigenvalue weighted by molar-refractivity contribution is 5.28. The molecule has 0 spiro atoms. The van der Waals surface area contributed by atoms with Crippen LogP contribution in [0.5, 0.6) is 5.75 Å². The normalized spacial score (nSPS) is 16.0. The van der Waals surface area contributed by atoms with Crippen molar-refractivity contribution in [3.63, 3.8) is 0 Å². The quantitative estimate of drug-likeness (QED) is 0.357. The van der Waals surface area contributed by atoms with Crippen LogP contribution in [0.4, 0.5) is 0 Å². The van der Waals surface area contributed by atoms with Crippen LogP contribution >= 0.6 is 0 Å². The Hall–Kier alpha value is -1.06. The molecule has 0 unspecified atom stereocenters. The van der Waals surface area contributed by atoms with Gasteiger partial charge in [0.25, 0.3) is 0 Å². The number of hydrogen-bond donors (Lipinski definition) is 0. The number of hydrogen-bond acceptors (Lipinski definition) is 3. The van der Waals surface area contributed by atoms with Gasteiger partial charge in [0, 0.05) is 38.8 Å². The Kier molecular flexibility index (Phi) is 11.6. The average Bonchev–Trinajstić information content (AvgIpc) is 2.70. The van der Waals surface area contributed by atoms with E-state index in [4.69, 9.17) is 4.74 Å². The molecule has 160 valence electrons. The lowest BCUT2D eigenvalue weighted by atomic mass is 10.1. The molecule has 28 heavy (non-hydrogen) atoms. The van der Waals surface area contributed by atoms with Gasteiger partial charge in [-0.3, -0.25) is 9.80 Å². The summed E-state index contributed by atoms with van der Waals surface area (Å²) in [5.41, 5.74) is 1.38. The van der Waals surface area contributed by atoms with Gasteiger partial charge >= 0.3 is 0 Å². The molecule has 0 amide bonds. The summed E-state index contributed by atoms with van der Waals surface area (Å²) < 4.78 is 6.02. The highest BCUT2D eigenvalue weighted by Gasteiger charge is 2.18. The maximum Gasteiger partial charge on any atom is 0.119 e. The SMILES string of the molecule is CCCCCCCCCCCOc1cccc(CN2CCN(C(C)C)CC2)c1. The molecule has 1 saturated heterocycles. The largest absolute Gasteiger partial charge is 0.494 e. The Labute approximate surface area is 174 Å². The first-order chi connectivity index (χ1) is 13.7. The molecule has 0 N–H and O–H groups in total. The first kappa shape index (κ1) is 23.2. The lowest BCUT2D eigenvalue weighted by Crippen LogP contribution is -2.48. The van der Waals surface area contributed by atoms with E-state index in [1.165, 1.54) is 89.5 Å². The van der Waals surface area contributed by atoms with Crippen molar-refractivity contribution in [2.24, 2.45) is 0 Å². The summed E-state index contributed by atoms with van der Waals surface area (Å²) in [5.74, 6) is 1.04. The van der Waals surface area contributed by atoms with Gasteiger partial charge in [0.1, 0.15) is 5.75 Å². The summed E-state index contributed by atoms with van der Waals surface area (Å²) in [6.07, 6.45) is 12.2. The molecule has 0 radical (unpaired) electrons. The molecular weight excluding hydrogens is 344 g/mol. The van der Waals surface area contributed by atoms with Gasteiger partial charge in [-0.05, 0) is 38.0 Å². The Balaban J connectivity index is 1.56. The minimum absolute atomic E-state index is 0.667. The fraction of sp³-hybridized carbons (Fsp3) is 0.760. The van der Waals surface area contributed by atoms with E-state index < -0.39 is 0 Å². The van der Waals surface area contributed by atoms with Crippen LogP contribution in [0.15, 0.2) is 24.3 Å². The third-order valence-corrected chi connectivity index (χ3v) is 5.96. The summed E-state index contributed by atoms with van der Waals surface area (Å²) >= 11 is 0. The van der Waals surface area contributed by atoms with Gasteiger partial charge in [0.05, 0.1) is 6.61 Å². The molecule has 0 aromatic heterocycles. The average molecular weight is 389 g/mol. The minimum Gasteiger partial charge on any atom is -0.494 e. The maximum absolute atomic E-state index is 6.02. The molecule has 3 nitrogen and oxygen atoms in total. The molecule has 0 atom stereocenters. The fourth-order valence-electron chi connectivity index (χ4n) is 4.03. The van der Waals surface area contributed by atoms with Crippen molar-refractivity contribution >= 4 is 0 Å². The Morgan fingerprint density at radius 3 is 2.14 bits per heavy atom. The van der Waals surface area contributed by atoms with Crippen molar-refractivity contribution in [2.75, 3.05) is 32.8 Å². The zero-order valence-corrected chi connectivity index (χ0v) is 18.8. The van der Waals surface area contributed by atoms with Crippen molar-refractivity contribution in [3.05, 3.63) is 29.8 Å². The molecular formula is C25H44N2O. The second-order valence-corrected chi connectivity index (χ2v) is 8.73. The first-order valence-electron chi connectivity index (χ1n) is 11.9. The Morgan fingerprint density at radius 1 is 0.857 bits per heavy atom. The molecule has 0 saturated carbocycles. The lowest BCUT2D eigenvalue weighted by molar-refractivity contribution is 0.104. The molecule has 1 aliphatic heterocycles. The molecule has 1 aliphatic rings.